The number of piperidine rings is 1. The average molecular weight is 344 g/mol. The Labute approximate surface area is 149 Å². The molecule has 25 heavy (non-hydrogen) atoms. The highest BCUT2D eigenvalue weighted by Gasteiger charge is 2.26. The topological polar surface area (TPSA) is 48.1 Å². The Hall–Kier alpha value is -1.63. The molecule has 6 heteroatoms. The molecule has 4 rings (SSSR count). The van der Waals surface area contributed by atoms with Gasteiger partial charge in [-0.05, 0) is 37.1 Å². The SMILES string of the molecule is O=C1NCCN1c1ccc(CN2CCCC(N3CCOCC3)C2)cc1. The Morgan fingerprint density at radius 2 is 1.88 bits per heavy atom. The molecule has 0 spiro atoms. The van der Waals surface area contributed by atoms with E-state index in [2.05, 4.69) is 39.4 Å². The number of hydrogen-bond donors (Lipinski definition) is 1. The van der Waals surface area contributed by atoms with Crippen molar-refractivity contribution in [3.8, 4) is 0 Å². The molecule has 6 nitrogen and oxygen atoms in total. The van der Waals surface area contributed by atoms with E-state index in [1.165, 1.54) is 24.9 Å². The van der Waals surface area contributed by atoms with Gasteiger partial charge in [0, 0.05) is 51.0 Å². The van der Waals surface area contributed by atoms with Gasteiger partial charge in [-0.15, -0.1) is 0 Å². The fourth-order valence-corrected chi connectivity index (χ4v) is 4.17. The number of nitrogens with one attached hydrogen (secondary N) is 1. The van der Waals surface area contributed by atoms with Crippen LogP contribution in [-0.2, 0) is 11.3 Å². The standard InChI is InChI=1S/C19H28N4O2/c24-19-20-7-9-23(19)17-5-3-16(4-6-17)14-21-8-1-2-18(15-21)22-10-12-25-13-11-22/h3-6,18H,1-2,7-15H2,(H,20,24). The molecule has 3 aliphatic heterocycles. The minimum atomic E-state index is 0.0112. The van der Waals surface area contributed by atoms with E-state index in [0.29, 0.717) is 6.04 Å². The second-order valence-electron chi connectivity index (χ2n) is 7.23. The van der Waals surface area contributed by atoms with E-state index in [-0.39, 0.29) is 6.03 Å². The summed E-state index contributed by atoms with van der Waals surface area (Å²) in [5, 5.41) is 2.85. The van der Waals surface area contributed by atoms with Gasteiger partial charge in [0.25, 0.3) is 0 Å². The Morgan fingerprint density at radius 3 is 2.60 bits per heavy atom. The van der Waals surface area contributed by atoms with Gasteiger partial charge in [0.2, 0.25) is 0 Å². The number of amides is 2. The maximum Gasteiger partial charge on any atom is 0.321 e. The van der Waals surface area contributed by atoms with Crippen molar-refractivity contribution < 1.29 is 9.53 Å². The second-order valence-corrected chi connectivity index (χ2v) is 7.23. The summed E-state index contributed by atoms with van der Waals surface area (Å²) < 4.78 is 5.49. The van der Waals surface area contributed by atoms with Crippen molar-refractivity contribution in [1.82, 2.24) is 15.1 Å². The predicted molar refractivity (Wildman–Crippen MR) is 97.9 cm³/mol. The predicted octanol–water partition coefficient (Wildman–Crippen LogP) is 1.51. The van der Waals surface area contributed by atoms with E-state index in [1.54, 1.807) is 4.90 Å². The zero-order valence-electron chi connectivity index (χ0n) is 14.8. The smallest absolute Gasteiger partial charge is 0.321 e. The third-order valence-corrected chi connectivity index (χ3v) is 5.55. The van der Waals surface area contributed by atoms with Crippen LogP contribution in [0.3, 0.4) is 0 Å². The highest BCUT2D eigenvalue weighted by Crippen LogP contribution is 2.21. The molecular weight excluding hydrogens is 316 g/mol. The van der Waals surface area contributed by atoms with Gasteiger partial charge in [-0.1, -0.05) is 12.1 Å². The van der Waals surface area contributed by atoms with Crippen molar-refractivity contribution in [2.45, 2.75) is 25.4 Å². The van der Waals surface area contributed by atoms with Crippen molar-refractivity contribution in [1.29, 1.82) is 0 Å². The van der Waals surface area contributed by atoms with E-state index >= 15 is 0 Å². The van der Waals surface area contributed by atoms with Crippen molar-refractivity contribution in [3.05, 3.63) is 29.8 Å². The van der Waals surface area contributed by atoms with Gasteiger partial charge < -0.3 is 10.1 Å². The highest BCUT2D eigenvalue weighted by atomic mass is 16.5. The van der Waals surface area contributed by atoms with Gasteiger partial charge in [0.1, 0.15) is 0 Å². The normalized spacial score (nSPS) is 26.0. The van der Waals surface area contributed by atoms with Crippen LogP contribution in [-0.4, -0.2) is 74.4 Å². The van der Waals surface area contributed by atoms with Crippen LogP contribution >= 0.6 is 0 Å². The quantitative estimate of drug-likeness (QED) is 0.900. The number of carbonyl (C=O) groups is 1. The van der Waals surface area contributed by atoms with Crippen molar-refractivity contribution >= 4 is 11.7 Å². The largest absolute Gasteiger partial charge is 0.379 e. The molecule has 0 aromatic heterocycles. The lowest BCUT2D eigenvalue weighted by Gasteiger charge is -2.41. The number of ether oxygens (including phenoxy) is 1. The number of rotatable bonds is 4. The van der Waals surface area contributed by atoms with Crippen LogP contribution in [0.1, 0.15) is 18.4 Å². The van der Waals surface area contributed by atoms with Crippen LogP contribution in [0.5, 0.6) is 0 Å². The lowest BCUT2D eigenvalue weighted by atomic mass is 10.0. The number of carbonyl (C=O) groups excluding carboxylic acids is 1. The maximum atomic E-state index is 11.8. The summed E-state index contributed by atoms with van der Waals surface area (Å²) in [4.78, 5) is 18.7. The minimum Gasteiger partial charge on any atom is -0.379 e. The van der Waals surface area contributed by atoms with Gasteiger partial charge >= 0.3 is 6.03 Å². The first-order chi connectivity index (χ1) is 12.3. The first-order valence-corrected chi connectivity index (χ1v) is 9.48. The molecule has 1 N–H and O–H groups in total. The maximum absolute atomic E-state index is 11.8. The number of nitrogens with zero attached hydrogens (tertiary/aromatic N) is 3. The van der Waals surface area contributed by atoms with Gasteiger partial charge in [0.05, 0.1) is 13.2 Å². The van der Waals surface area contributed by atoms with E-state index in [9.17, 15) is 4.79 Å². The first kappa shape index (κ1) is 16.8. The molecule has 1 atom stereocenters. The Balaban J connectivity index is 1.34. The molecule has 3 heterocycles. The summed E-state index contributed by atoms with van der Waals surface area (Å²) in [6.45, 7) is 8.71. The van der Waals surface area contributed by atoms with E-state index < -0.39 is 0 Å². The number of anilines is 1. The molecular formula is C19H28N4O2. The number of hydrogen-bond acceptors (Lipinski definition) is 4. The molecule has 3 aliphatic rings. The summed E-state index contributed by atoms with van der Waals surface area (Å²) in [6.07, 6.45) is 2.58. The molecule has 0 radical (unpaired) electrons. The molecule has 0 saturated carbocycles. The van der Waals surface area contributed by atoms with Crippen molar-refractivity contribution in [2.75, 3.05) is 57.4 Å². The molecule has 0 bridgehead atoms. The number of benzene rings is 1. The van der Waals surface area contributed by atoms with E-state index in [4.69, 9.17) is 4.74 Å². The van der Waals surface area contributed by atoms with Crippen LogP contribution < -0.4 is 10.2 Å². The number of morpholine rings is 1. The summed E-state index contributed by atoms with van der Waals surface area (Å²) in [5.41, 5.74) is 2.31. The van der Waals surface area contributed by atoms with Gasteiger partial charge in [0.15, 0.2) is 0 Å². The number of likely N-dealkylation sites (tertiary alicyclic amines) is 1. The highest BCUT2D eigenvalue weighted by molar-refractivity contribution is 5.93. The van der Waals surface area contributed by atoms with Gasteiger partial charge in [-0.2, -0.15) is 0 Å². The third-order valence-electron chi connectivity index (χ3n) is 5.55. The average Bonchev–Trinajstić information content (AvgIpc) is 3.09. The molecule has 1 aromatic carbocycles. The van der Waals surface area contributed by atoms with Crippen LogP contribution in [0.25, 0.3) is 0 Å². The summed E-state index contributed by atoms with van der Waals surface area (Å²) >= 11 is 0. The van der Waals surface area contributed by atoms with Gasteiger partial charge in [-0.3, -0.25) is 14.7 Å². The summed E-state index contributed by atoms with van der Waals surface area (Å²) in [5.74, 6) is 0. The number of urea groups is 1. The lowest BCUT2D eigenvalue weighted by molar-refractivity contribution is -0.00358. The van der Waals surface area contributed by atoms with Crippen molar-refractivity contribution in [2.24, 2.45) is 0 Å². The fourth-order valence-electron chi connectivity index (χ4n) is 4.17. The minimum absolute atomic E-state index is 0.0112. The monoisotopic (exact) mass is 344 g/mol. The molecule has 2 amide bonds. The molecule has 0 aliphatic carbocycles. The Bertz CT molecular complexity index is 586. The second kappa shape index (κ2) is 7.72. The molecule has 1 aromatic rings. The Morgan fingerprint density at radius 1 is 1.08 bits per heavy atom. The first-order valence-electron chi connectivity index (χ1n) is 9.48. The zero-order valence-corrected chi connectivity index (χ0v) is 14.8. The van der Waals surface area contributed by atoms with Crippen molar-refractivity contribution in [3.63, 3.8) is 0 Å². The molecule has 1 unspecified atom stereocenters. The fraction of sp³-hybridized carbons (Fsp3) is 0.632. The zero-order chi connectivity index (χ0) is 17.1. The molecule has 136 valence electrons. The van der Waals surface area contributed by atoms with E-state index in [0.717, 1.165) is 58.2 Å². The van der Waals surface area contributed by atoms with Crippen LogP contribution in [0.15, 0.2) is 24.3 Å². The lowest BCUT2D eigenvalue weighted by Crippen LogP contribution is -2.51. The molecule has 3 saturated heterocycles. The Kier molecular flexibility index (Phi) is 5.20. The van der Waals surface area contributed by atoms with E-state index in [1.807, 2.05) is 0 Å². The van der Waals surface area contributed by atoms with Crippen LogP contribution in [0, 0.1) is 0 Å². The third kappa shape index (κ3) is 3.97. The summed E-state index contributed by atoms with van der Waals surface area (Å²) in [6, 6.07) is 9.16. The van der Waals surface area contributed by atoms with Crippen LogP contribution in [0.2, 0.25) is 0 Å². The molecule has 3 fully saturated rings. The van der Waals surface area contributed by atoms with Gasteiger partial charge in [-0.25, -0.2) is 4.79 Å². The summed E-state index contributed by atoms with van der Waals surface area (Å²) in [7, 11) is 0. The van der Waals surface area contributed by atoms with Crippen LogP contribution in [0.4, 0.5) is 10.5 Å².